The highest BCUT2D eigenvalue weighted by Crippen LogP contribution is 2.31. The third-order valence-electron chi connectivity index (χ3n) is 3.36. The number of anilines is 1. The van der Waals surface area contributed by atoms with Gasteiger partial charge in [0, 0.05) is 41.6 Å². The van der Waals surface area contributed by atoms with E-state index in [2.05, 4.69) is 10.3 Å². The molecule has 2 aromatic rings. The number of non-ortho nitro benzene ring substituents is 1. The Kier molecular flexibility index (Phi) is 4.35. The topological polar surface area (TPSA) is 114 Å². The van der Waals surface area contributed by atoms with Crippen LogP contribution in [0.1, 0.15) is 12.6 Å². The quantitative estimate of drug-likeness (QED) is 0.569. The average molecular weight is 290 g/mol. The Morgan fingerprint density at radius 2 is 2.19 bits per heavy atom. The van der Waals surface area contributed by atoms with Crippen LogP contribution in [0.15, 0.2) is 24.4 Å². The molecule has 2 rings (SSSR count). The minimum atomic E-state index is -0.634. The molecule has 1 heterocycles. The number of pyridine rings is 1. The van der Waals surface area contributed by atoms with E-state index in [1.165, 1.54) is 12.3 Å². The Balaban J connectivity index is 2.43. The minimum Gasteiger partial charge on any atom is -0.392 e. The van der Waals surface area contributed by atoms with Crippen LogP contribution < -0.4 is 11.1 Å². The molecule has 7 heteroatoms. The van der Waals surface area contributed by atoms with Crippen LogP contribution in [0.5, 0.6) is 0 Å². The summed E-state index contributed by atoms with van der Waals surface area (Å²) in [5.74, 6) is 0. The molecule has 1 aromatic heterocycles. The first-order chi connectivity index (χ1) is 9.90. The lowest BCUT2D eigenvalue weighted by Crippen LogP contribution is -2.38. The van der Waals surface area contributed by atoms with Crippen LogP contribution in [-0.2, 0) is 0 Å². The zero-order chi connectivity index (χ0) is 15.6. The van der Waals surface area contributed by atoms with Crippen molar-refractivity contribution in [2.24, 2.45) is 5.73 Å². The number of hydrogen-bond acceptors (Lipinski definition) is 6. The molecular weight excluding hydrogens is 272 g/mol. The van der Waals surface area contributed by atoms with E-state index in [-0.39, 0.29) is 5.69 Å². The fourth-order valence-electron chi connectivity index (χ4n) is 2.04. The van der Waals surface area contributed by atoms with Gasteiger partial charge in [-0.15, -0.1) is 0 Å². The van der Waals surface area contributed by atoms with Gasteiger partial charge in [0.1, 0.15) is 0 Å². The lowest BCUT2D eigenvalue weighted by Gasteiger charge is -2.17. The van der Waals surface area contributed by atoms with Gasteiger partial charge >= 0.3 is 0 Å². The van der Waals surface area contributed by atoms with E-state index in [4.69, 9.17) is 5.73 Å². The number of aryl methyl sites for hydroxylation is 1. The van der Waals surface area contributed by atoms with Gasteiger partial charge in [-0.25, -0.2) is 0 Å². The summed E-state index contributed by atoms with van der Waals surface area (Å²) >= 11 is 0. The first-order valence-electron chi connectivity index (χ1n) is 6.61. The summed E-state index contributed by atoms with van der Waals surface area (Å²) in [6.07, 6.45) is 0.868. The van der Waals surface area contributed by atoms with Crippen molar-refractivity contribution in [1.29, 1.82) is 0 Å². The van der Waals surface area contributed by atoms with Crippen LogP contribution in [0.2, 0.25) is 0 Å². The fraction of sp³-hybridized carbons (Fsp3) is 0.357. The Bertz CT molecular complexity index is 673. The summed E-state index contributed by atoms with van der Waals surface area (Å²) < 4.78 is 0. The Morgan fingerprint density at radius 1 is 1.48 bits per heavy atom. The lowest BCUT2D eigenvalue weighted by atomic mass is 10.1. The first kappa shape index (κ1) is 15.1. The molecular formula is C14H18N4O3. The van der Waals surface area contributed by atoms with Crippen molar-refractivity contribution < 1.29 is 10.0 Å². The van der Waals surface area contributed by atoms with Crippen molar-refractivity contribution in [3.63, 3.8) is 0 Å². The van der Waals surface area contributed by atoms with Gasteiger partial charge in [-0.1, -0.05) is 0 Å². The molecule has 21 heavy (non-hydrogen) atoms. The van der Waals surface area contributed by atoms with Crippen LogP contribution in [0.4, 0.5) is 11.4 Å². The zero-order valence-corrected chi connectivity index (χ0v) is 11.9. The maximum Gasteiger partial charge on any atom is 0.278 e. The van der Waals surface area contributed by atoms with Crippen molar-refractivity contribution in [3.8, 4) is 0 Å². The second-order valence-electron chi connectivity index (χ2n) is 5.05. The van der Waals surface area contributed by atoms with Crippen LogP contribution >= 0.6 is 0 Å². The Labute approximate surface area is 121 Å². The predicted molar refractivity (Wildman–Crippen MR) is 81.3 cm³/mol. The van der Waals surface area contributed by atoms with Gasteiger partial charge in [-0.05, 0) is 26.0 Å². The molecule has 4 N–H and O–H groups in total. The normalized spacial score (nSPS) is 13.9. The van der Waals surface area contributed by atoms with Crippen molar-refractivity contribution >= 4 is 22.1 Å². The molecule has 0 aliphatic carbocycles. The van der Waals surface area contributed by atoms with Gasteiger partial charge in [0.25, 0.3) is 5.69 Å². The number of hydrogen-bond donors (Lipinski definition) is 3. The van der Waals surface area contributed by atoms with Crippen molar-refractivity contribution in [3.05, 3.63) is 40.2 Å². The SMILES string of the molecule is Cc1cc2c(NCC(N)C(C)O)ccc([N+](=O)[O-])c2cn1. The van der Waals surface area contributed by atoms with Crippen molar-refractivity contribution in [2.75, 3.05) is 11.9 Å². The fourth-order valence-corrected chi connectivity index (χ4v) is 2.04. The molecule has 1 aromatic carbocycles. The van der Waals surface area contributed by atoms with Gasteiger partial charge < -0.3 is 16.2 Å². The molecule has 0 aliphatic rings. The van der Waals surface area contributed by atoms with E-state index >= 15 is 0 Å². The molecule has 0 fully saturated rings. The molecule has 0 spiro atoms. The van der Waals surface area contributed by atoms with Crippen molar-refractivity contribution in [1.82, 2.24) is 4.98 Å². The molecule has 0 radical (unpaired) electrons. The third kappa shape index (κ3) is 3.26. The first-order valence-corrected chi connectivity index (χ1v) is 6.61. The van der Waals surface area contributed by atoms with E-state index in [0.29, 0.717) is 11.9 Å². The molecule has 112 valence electrons. The molecule has 0 amide bonds. The molecule has 2 unspecified atom stereocenters. The maximum atomic E-state index is 11.1. The number of rotatable bonds is 5. The third-order valence-corrected chi connectivity index (χ3v) is 3.36. The van der Waals surface area contributed by atoms with Gasteiger partial charge in [-0.3, -0.25) is 15.1 Å². The van der Waals surface area contributed by atoms with E-state index in [9.17, 15) is 15.2 Å². The van der Waals surface area contributed by atoms with Crippen LogP contribution in [0.3, 0.4) is 0 Å². The molecule has 0 saturated heterocycles. The lowest BCUT2D eigenvalue weighted by molar-refractivity contribution is -0.383. The smallest absolute Gasteiger partial charge is 0.278 e. The zero-order valence-electron chi connectivity index (χ0n) is 11.9. The molecule has 7 nitrogen and oxygen atoms in total. The largest absolute Gasteiger partial charge is 0.392 e. The van der Waals surface area contributed by atoms with Gasteiger partial charge in [0.15, 0.2) is 0 Å². The number of nitrogens with zero attached hydrogens (tertiary/aromatic N) is 2. The van der Waals surface area contributed by atoms with E-state index in [1.54, 1.807) is 19.1 Å². The molecule has 0 bridgehead atoms. The predicted octanol–water partition coefficient (Wildman–Crippen LogP) is 1.57. The summed E-state index contributed by atoms with van der Waals surface area (Å²) in [4.78, 5) is 14.8. The summed E-state index contributed by atoms with van der Waals surface area (Å²) in [5.41, 5.74) is 7.30. The van der Waals surface area contributed by atoms with Crippen LogP contribution in [-0.4, -0.2) is 33.7 Å². The number of nitrogens with two attached hydrogens (primary N) is 1. The summed E-state index contributed by atoms with van der Waals surface area (Å²) in [6, 6.07) is 4.46. The number of fused-ring (bicyclic) bond motifs is 1. The second kappa shape index (κ2) is 6.02. The summed E-state index contributed by atoms with van der Waals surface area (Å²) in [5, 5.41) is 24.8. The minimum absolute atomic E-state index is 0.0166. The Hall–Kier alpha value is -2.25. The highest BCUT2D eigenvalue weighted by Gasteiger charge is 2.16. The number of nitrogens with one attached hydrogen (secondary N) is 1. The van der Waals surface area contributed by atoms with Crippen LogP contribution in [0, 0.1) is 17.0 Å². The van der Waals surface area contributed by atoms with E-state index in [1.807, 2.05) is 6.92 Å². The monoisotopic (exact) mass is 290 g/mol. The summed E-state index contributed by atoms with van der Waals surface area (Å²) in [6.45, 7) is 3.81. The molecule has 0 saturated carbocycles. The number of benzene rings is 1. The van der Waals surface area contributed by atoms with E-state index in [0.717, 1.165) is 16.8 Å². The number of aliphatic hydroxyl groups is 1. The number of aromatic nitrogens is 1. The van der Waals surface area contributed by atoms with Gasteiger partial charge in [0.05, 0.1) is 16.4 Å². The average Bonchev–Trinajstić information content (AvgIpc) is 2.43. The number of aliphatic hydroxyl groups excluding tert-OH is 1. The van der Waals surface area contributed by atoms with Crippen molar-refractivity contribution in [2.45, 2.75) is 26.0 Å². The summed E-state index contributed by atoms with van der Waals surface area (Å²) in [7, 11) is 0. The standard InChI is InChI=1S/C14H18N4O3/c1-8-5-10-11(6-16-8)14(18(20)21)4-3-13(10)17-7-12(15)9(2)19/h3-6,9,12,17,19H,7,15H2,1-2H3. The molecule has 2 atom stereocenters. The number of nitro groups is 1. The maximum absolute atomic E-state index is 11.1. The highest BCUT2D eigenvalue weighted by molar-refractivity contribution is 5.99. The Morgan fingerprint density at radius 3 is 2.81 bits per heavy atom. The number of nitro benzene ring substituents is 1. The highest BCUT2D eigenvalue weighted by atomic mass is 16.6. The molecule has 0 aliphatic heterocycles. The second-order valence-corrected chi connectivity index (χ2v) is 5.05. The van der Waals surface area contributed by atoms with Gasteiger partial charge in [0.2, 0.25) is 0 Å². The van der Waals surface area contributed by atoms with Crippen LogP contribution in [0.25, 0.3) is 10.8 Å². The van der Waals surface area contributed by atoms with E-state index < -0.39 is 17.1 Å². The van der Waals surface area contributed by atoms with Gasteiger partial charge in [-0.2, -0.15) is 0 Å².